The number of rotatable bonds is 0. The lowest BCUT2D eigenvalue weighted by Gasteiger charge is -2.17. The summed E-state index contributed by atoms with van der Waals surface area (Å²) in [7, 11) is 0. The van der Waals surface area contributed by atoms with Gasteiger partial charge in [0, 0.05) is 13.0 Å². The van der Waals surface area contributed by atoms with E-state index in [2.05, 4.69) is 32.9 Å². The van der Waals surface area contributed by atoms with E-state index < -0.39 is 0 Å². The molecule has 2 heterocycles. The van der Waals surface area contributed by atoms with Gasteiger partial charge in [0.1, 0.15) is 5.82 Å². The molecule has 0 aromatic carbocycles. The van der Waals surface area contributed by atoms with Crippen molar-refractivity contribution in [3.63, 3.8) is 0 Å². The molecule has 2 rings (SSSR count). The van der Waals surface area contributed by atoms with E-state index in [0.29, 0.717) is 0 Å². The fourth-order valence-electron chi connectivity index (χ4n) is 1.43. The highest BCUT2D eigenvalue weighted by Gasteiger charge is 2.17. The predicted molar refractivity (Wildman–Crippen MR) is 45.2 cm³/mol. The van der Waals surface area contributed by atoms with E-state index >= 15 is 0 Å². The number of hydrogen-bond donors (Lipinski definition) is 0. The Labute approximate surface area is 73.9 Å². The first-order valence-corrected chi connectivity index (χ1v) is 4.64. The summed E-state index contributed by atoms with van der Waals surface area (Å²) in [6, 6.07) is 0. The highest BCUT2D eigenvalue weighted by Crippen LogP contribution is 2.18. The Morgan fingerprint density at radius 3 is 3.27 bits per heavy atom. The van der Waals surface area contributed by atoms with Crippen LogP contribution in [0.5, 0.6) is 0 Å². The first kappa shape index (κ1) is 7.28. The van der Waals surface area contributed by atoms with Gasteiger partial charge >= 0.3 is 0 Å². The molecule has 1 aliphatic rings. The summed E-state index contributed by atoms with van der Waals surface area (Å²) in [4.78, 5) is 4.27. The molecule has 1 aliphatic heterocycles. The van der Waals surface area contributed by atoms with Gasteiger partial charge in [0.15, 0.2) is 0 Å². The molecule has 1 aromatic rings. The standard InChI is InChI=1S/C7H10BrN3/c1-5-2-3-11-6(4-5)9-7(8)10-11/h5H,2-4H2,1H3. The molecule has 0 bridgehead atoms. The minimum Gasteiger partial charge on any atom is -0.249 e. The lowest BCUT2D eigenvalue weighted by molar-refractivity contribution is 0.385. The van der Waals surface area contributed by atoms with Crippen molar-refractivity contribution in [1.29, 1.82) is 0 Å². The second kappa shape index (κ2) is 2.59. The Hall–Kier alpha value is -0.380. The molecule has 1 aromatic heterocycles. The third-order valence-corrected chi connectivity index (χ3v) is 2.42. The molecule has 0 amide bonds. The fourth-order valence-corrected chi connectivity index (χ4v) is 1.83. The fraction of sp³-hybridized carbons (Fsp3) is 0.714. The molecule has 0 N–H and O–H groups in total. The molecule has 0 aliphatic carbocycles. The van der Waals surface area contributed by atoms with E-state index in [1.54, 1.807) is 0 Å². The molecule has 11 heavy (non-hydrogen) atoms. The molecule has 0 saturated heterocycles. The van der Waals surface area contributed by atoms with Gasteiger partial charge in [-0.2, -0.15) is 0 Å². The van der Waals surface area contributed by atoms with Gasteiger partial charge in [-0.25, -0.2) is 9.67 Å². The van der Waals surface area contributed by atoms with E-state index in [-0.39, 0.29) is 0 Å². The summed E-state index contributed by atoms with van der Waals surface area (Å²) in [6.45, 7) is 3.28. The summed E-state index contributed by atoms with van der Waals surface area (Å²) in [5.74, 6) is 1.88. The number of hydrogen-bond acceptors (Lipinski definition) is 2. The van der Waals surface area contributed by atoms with Gasteiger partial charge in [0.2, 0.25) is 4.73 Å². The van der Waals surface area contributed by atoms with Crippen molar-refractivity contribution in [2.75, 3.05) is 0 Å². The zero-order valence-electron chi connectivity index (χ0n) is 6.42. The molecular formula is C7H10BrN3. The van der Waals surface area contributed by atoms with Crippen LogP contribution < -0.4 is 0 Å². The Balaban J connectivity index is 2.34. The van der Waals surface area contributed by atoms with Crippen molar-refractivity contribution >= 4 is 15.9 Å². The molecule has 0 radical (unpaired) electrons. The van der Waals surface area contributed by atoms with Crippen LogP contribution in [0.2, 0.25) is 0 Å². The average molecular weight is 216 g/mol. The van der Waals surface area contributed by atoms with Gasteiger partial charge in [-0.15, -0.1) is 5.10 Å². The van der Waals surface area contributed by atoms with Crippen LogP contribution in [0, 0.1) is 5.92 Å². The maximum atomic E-state index is 4.27. The molecule has 4 heteroatoms. The summed E-state index contributed by atoms with van der Waals surface area (Å²) in [5.41, 5.74) is 0. The number of aromatic nitrogens is 3. The highest BCUT2D eigenvalue weighted by atomic mass is 79.9. The second-order valence-corrected chi connectivity index (χ2v) is 3.83. The van der Waals surface area contributed by atoms with E-state index in [1.165, 1.54) is 6.42 Å². The number of aryl methyl sites for hydroxylation is 1. The molecule has 60 valence electrons. The largest absolute Gasteiger partial charge is 0.249 e. The highest BCUT2D eigenvalue weighted by molar-refractivity contribution is 9.10. The minimum absolute atomic E-state index is 0.724. The molecule has 1 unspecified atom stereocenters. The average Bonchev–Trinajstić information content (AvgIpc) is 2.27. The zero-order chi connectivity index (χ0) is 7.84. The summed E-state index contributed by atoms with van der Waals surface area (Å²) in [5, 5.41) is 4.21. The molecule has 0 spiro atoms. The third kappa shape index (κ3) is 1.31. The smallest absolute Gasteiger partial charge is 0.217 e. The molecule has 3 nitrogen and oxygen atoms in total. The number of nitrogens with zero attached hydrogens (tertiary/aromatic N) is 3. The van der Waals surface area contributed by atoms with Crippen molar-refractivity contribution < 1.29 is 0 Å². The maximum Gasteiger partial charge on any atom is 0.217 e. The summed E-state index contributed by atoms with van der Waals surface area (Å²) >= 11 is 3.27. The van der Waals surface area contributed by atoms with Gasteiger partial charge in [0.05, 0.1) is 0 Å². The Morgan fingerprint density at radius 1 is 1.64 bits per heavy atom. The van der Waals surface area contributed by atoms with Crippen LogP contribution in [-0.2, 0) is 13.0 Å². The first-order valence-electron chi connectivity index (χ1n) is 3.85. The molecule has 0 saturated carbocycles. The molecule has 1 atom stereocenters. The van der Waals surface area contributed by atoms with Crippen molar-refractivity contribution in [2.24, 2.45) is 5.92 Å². The normalized spacial score (nSPS) is 23.3. The van der Waals surface area contributed by atoms with Crippen LogP contribution in [0.4, 0.5) is 0 Å². The second-order valence-electron chi connectivity index (χ2n) is 3.12. The van der Waals surface area contributed by atoms with Gasteiger partial charge < -0.3 is 0 Å². The minimum atomic E-state index is 0.724. The van der Waals surface area contributed by atoms with Crippen LogP contribution >= 0.6 is 15.9 Å². The van der Waals surface area contributed by atoms with Crippen LogP contribution in [0.1, 0.15) is 19.2 Å². The monoisotopic (exact) mass is 215 g/mol. The molecule has 0 fully saturated rings. The van der Waals surface area contributed by atoms with Crippen molar-refractivity contribution in [3.8, 4) is 0 Å². The summed E-state index contributed by atoms with van der Waals surface area (Å²) < 4.78 is 2.71. The van der Waals surface area contributed by atoms with Crippen LogP contribution in [0.3, 0.4) is 0 Å². The Kier molecular flexibility index (Phi) is 1.71. The SMILES string of the molecule is CC1CCn2nc(Br)nc2C1. The topological polar surface area (TPSA) is 30.7 Å². The maximum absolute atomic E-state index is 4.27. The van der Waals surface area contributed by atoms with Crippen LogP contribution in [0.15, 0.2) is 4.73 Å². The lowest BCUT2D eigenvalue weighted by Crippen LogP contribution is -2.18. The lowest BCUT2D eigenvalue weighted by atomic mass is 10.0. The van der Waals surface area contributed by atoms with Crippen molar-refractivity contribution in [1.82, 2.24) is 14.8 Å². The van der Waals surface area contributed by atoms with E-state index in [9.17, 15) is 0 Å². The predicted octanol–water partition coefficient (Wildman–Crippen LogP) is 1.62. The van der Waals surface area contributed by atoms with E-state index in [0.717, 1.165) is 29.4 Å². The van der Waals surface area contributed by atoms with Crippen LogP contribution in [0.25, 0.3) is 0 Å². The van der Waals surface area contributed by atoms with E-state index in [4.69, 9.17) is 0 Å². The Bertz CT molecular complexity index is 269. The van der Waals surface area contributed by atoms with Crippen molar-refractivity contribution in [2.45, 2.75) is 26.3 Å². The van der Waals surface area contributed by atoms with E-state index in [1.807, 2.05) is 4.68 Å². The van der Waals surface area contributed by atoms with Crippen LogP contribution in [-0.4, -0.2) is 14.8 Å². The zero-order valence-corrected chi connectivity index (χ0v) is 8.00. The Morgan fingerprint density at radius 2 is 2.45 bits per heavy atom. The number of fused-ring (bicyclic) bond motifs is 1. The molecular weight excluding hydrogens is 206 g/mol. The third-order valence-electron chi connectivity index (χ3n) is 2.09. The van der Waals surface area contributed by atoms with Gasteiger partial charge in [-0.3, -0.25) is 0 Å². The number of halogens is 1. The summed E-state index contributed by atoms with van der Waals surface area (Å²) in [6.07, 6.45) is 2.29. The first-order chi connectivity index (χ1) is 5.25. The van der Waals surface area contributed by atoms with Gasteiger partial charge in [0.25, 0.3) is 0 Å². The van der Waals surface area contributed by atoms with Gasteiger partial charge in [-0.1, -0.05) is 6.92 Å². The quantitative estimate of drug-likeness (QED) is 0.659. The van der Waals surface area contributed by atoms with Gasteiger partial charge in [-0.05, 0) is 28.3 Å². The van der Waals surface area contributed by atoms with Crippen molar-refractivity contribution in [3.05, 3.63) is 10.6 Å².